The monoisotopic (exact) mass is 517 g/mol. The molecule has 4 aromatic heterocycles. The average molecular weight is 518 g/mol. The number of imidazole rings is 2. The van der Waals surface area contributed by atoms with Gasteiger partial charge in [-0.2, -0.15) is 0 Å². The van der Waals surface area contributed by atoms with Crippen molar-refractivity contribution in [3.8, 4) is 17.1 Å². The molecule has 0 aliphatic heterocycles. The van der Waals surface area contributed by atoms with Gasteiger partial charge in [-0.05, 0) is 47.5 Å². The second-order valence-corrected chi connectivity index (χ2v) is 10.8. The molecule has 0 amide bonds. The zero-order valence-corrected chi connectivity index (χ0v) is 21.4. The van der Waals surface area contributed by atoms with E-state index < -0.39 is 0 Å². The van der Waals surface area contributed by atoms with E-state index in [1.807, 2.05) is 47.9 Å². The van der Waals surface area contributed by atoms with Crippen LogP contribution in [0, 0.1) is 0 Å². The first-order chi connectivity index (χ1) is 19.3. The number of benzene rings is 5. The lowest BCUT2D eigenvalue weighted by atomic mass is 10.0. The minimum Gasteiger partial charge on any atom is -0.276 e. The average Bonchev–Trinajstić information content (AvgIpc) is 3.65. The van der Waals surface area contributed by atoms with E-state index in [9.17, 15) is 0 Å². The highest BCUT2D eigenvalue weighted by atomic mass is 32.1. The van der Waals surface area contributed by atoms with Gasteiger partial charge in [-0.15, -0.1) is 11.3 Å². The van der Waals surface area contributed by atoms with Crippen molar-refractivity contribution in [1.82, 2.24) is 23.9 Å². The van der Waals surface area contributed by atoms with Crippen LogP contribution in [0.4, 0.5) is 0 Å². The zero-order valence-electron chi connectivity index (χ0n) is 20.6. The molecule has 0 unspecified atom stereocenters. The molecule has 0 fully saturated rings. The molecule has 0 radical (unpaired) electrons. The number of hydrogen-bond donors (Lipinski definition) is 0. The highest BCUT2D eigenvalue weighted by Gasteiger charge is 2.20. The van der Waals surface area contributed by atoms with E-state index in [1.54, 1.807) is 0 Å². The first-order valence-electron chi connectivity index (χ1n) is 12.9. The fraction of sp³-hybridized carbons (Fsp3) is 0. The van der Waals surface area contributed by atoms with Crippen molar-refractivity contribution in [3.05, 3.63) is 115 Å². The van der Waals surface area contributed by atoms with E-state index in [0.29, 0.717) is 5.95 Å². The molecule has 6 heteroatoms. The molecule has 0 N–H and O–H groups in total. The Labute approximate surface area is 226 Å². The van der Waals surface area contributed by atoms with Crippen molar-refractivity contribution in [2.75, 3.05) is 0 Å². The summed E-state index contributed by atoms with van der Waals surface area (Å²) in [7, 11) is 0. The maximum atomic E-state index is 5.04. The minimum absolute atomic E-state index is 0.614. The quantitative estimate of drug-likeness (QED) is 0.231. The molecule has 5 aromatic carbocycles. The topological polar surface area (TPSA) is 48.0 Å². The van der Waals surface area contributed by atoms with Gasteiger partial charge in [-0.1, -0.05) is 72.8 Å². The third-order valence-corrected chi connectivity index (χ3v) is 8.81. The number of aromatic nitrogens is 5. The highest BCUT2D eigenvalue weighted by molar-refractivity contribution is 7.26. The molecule has 182 valence electrons. The Balaban J connectivity index is 1.37. The van der Waals surface area contributed by atoms with E-state index in [0.717, 1.165) is 38.7 Å². The number of fused-ring (bicyclic) bond motifs is 9. The summed E-state index contributed by atoms with van der Waals surface area (Å²) in [5, 5.41) is 3.62. The number of thiophene rings is 1. The van der Waals surface area contributed by atoms with Crippen molar-refractivity contribution in [2.45, 2.75) is 0 Å². The van der Waals surface area contributed by atoms with Gasteiger partial charge in [0.1, 0.15) is 0 Å². The van der Waals surface area contributed by atoms with E-state index >= 15 is 0 Å². The van der Waals surface area contributed by atoms with Crippen LogP contribution in [0.5, 0.6) is 0 Å². The van der Waals surface area contributed by atoms with Crippen molar-refractivity contribution in [1.29, 1.82) is 0 Å². The maximum Gasteiger partial charge on any atom is 0.237 e. The summed E-state index contributed by atoms with van der Waals surface area (Å²) in [6.45, 7) is 0. The van der Waals surface area contributed by atoms with Crippen LogP contribution in [0.3, 0.4) is 0 Å². The minimum atomic E-state index is 0.614. The number of nitrogens with zero attached hydrogens (tertiary/aromatic N) is 5. The number of rotatable bonds is 2. The van der Waals surface area contributed by atoms with Gasteiger partial charge in [0.15, 0.2) is 0 Å². The second kappa shape index (κ2) is 7.72. The molecule has 0 aliphatic rings. The predicted molar refractivity (Wildman–Crippen MR) is 161 cm³/mol. The lowest BCUT2D eigenvalue weighted by Gasteiger charge is -2.07. The highest BCUT2D eigenvalue weighted by Crippen LogP contribution is 2.41. The Morgan fingerprint density at radius 3 is 2.41 bits per heavy atom. The Morgan fingerprint density at radius 2 is 1.44 bits per heavy atom. The Hall–Kier alpha value is -5.07. The standard InChI is InChI=1S/C33H19N5S/c1-3-12-25-21(8-1)19-34-32(35-25)38-28-17-16-20(18-29(28)37-27-14-5-4-13-26(27)36-33(37)38)22-10-7-11-24-23-9-2-6-15-30(23)39-31(22)24/h1-19H. The zero-order chi connectivity index (χ0) is 25.5. The van der Waals surface area contributed by atoms with Crippen molar-refractivity contribution >= 4 is 70.3 Å². The Morgan fingerprint density at radius 1 is 0.615 bits per heavy atom. The van der Waals surface area contributed by atoms with Gasteiger partial charge >= 0.3 is 0 Å². The van der Waals surface area contributed by atoms with Crippen LogP contribution in [0.15, 0.2) is 115 Å². The third-order valence-electron chi connectivity index (χ3n) is 7.59. The maximum absolute atomic E-state index is 5.04. The number of hydrogen-bond acceptors (Lipinski definition) is 4. The van der Waals surface area contributed by atoms with Gasteiger partial charge in [-0.3, -0.25) is 4.40 Å². The fourth-order valence-electron chi connectivity index (χ4n) is 5.81. The SMILES string of the molecule is c1ccc2nc(-n3c4ccc(-c5cccc6c5sc5ccccc56)cc4n4c5ccccc5nc34)ncc2c1. The van der Waals surface area contributed by atoms with Crippen LogP contribution in [-0.4, -0.2) is 23.9 Å². The molecule has 39 heavy (non-hydrogen) atoms. The summed E-state index contributed by atoms with van der Waals surface area (Å²) in [5.41, 5.74) is 7.43. The smallest absolute Gasteiger partial charge is 0.237 e. The first-order valence-corrected chi connectivity index (χ1v) is 13.7. The van der Waals surface area contributed by atoms with Gasteiger partial charge in [0.05, 0.1) is 27.6 Å². The summed E-state index contributed by atoms with van der Waals surface area (Å²) in [6.07, 6.45) is 1.89. The van der Waals surface area contributed by atoms with Gasteiger partial charge in [-0.25, -0.2) is 19.5 Å². The molecule has 9 aromatic rings. The van der Waals surface area contributed by atoms with Crippen molar-refractivity contribution < 1.29 is 0 Å². The molecular formula is C33H19N5S. The number of para-hydroxylation sites is 3. The summed E-state index contributed by atoms with van der Waals surface area (Å²) in [5.74, 6) is 1.42. The molecule has 4 heterocycles. The molecule has 0 bridgehead atoms. The van der Waals surface area contributed by atoms with Crippen LogP contribution in [0.2, 0.25) is 0 Å². The van der Waals surface area contributed by atoms with Crippen LogP contribution >= 0.6 is 11.3 Å². The first kappa shape index (κ1) is 20.9. The lowest BCUT2D eigenvalue weighted by Crippen LogP contribution is -2.01. The van der Waals surface area contributed by atoms with Crippen molar-refractivity contribution in [3.63, 3.8) is 0 Å². The van der Waals surface area contributed by atoms with Crippen LogP contribution in [-0.2, 0) is 0 Å². The Bertz CT molecular complexity index is 2410. The van der Waals surface area contributed by atoms with Crippen LogP contribution < -0.4 is 0 Å². The van der Waals surface area contributed by atoms with Crippen LogP contribution in [0.1, 0.15) is 0 Å². The summed E-state index contributed by atoms with van der Waals surface area (Å²) in [4.78, 5) is 14.7. The van der Waals surface area contributed by atoms with Gasteiger partial charge in [0.2, 0.25) is 11.7 Å². The van der Waals surface area contributed by atoms with Gasteiger partial charge in [0, 0.05) is 31.8 Å². The molecule has 9 rings (SSSR count). The molecule has 0 saturated carbocycles. The second-order valence-electron chi connectivity index (χ2n) is 9.78. The largest absolute Gasteiger partial charge is 0.276 e. The molecule has 0 atom stereocenters. The molecule has 0 aliphatic carbocycles. The molecular weight excluding hydrogens is 498 g/mol. The summed E-state index contributed by atoms with van der Waals surface area (Å²) < 4.78 is 6.93. The lowest BCUT2D eigenvalue weighted by molar-refractivity contribution is 0.984. The van der Waals surface area contributed by atoms with Crippen molar-refractivity contribution in [2.24, 2.45) is 0 Å². The molecule has 0 spiro atoms. The van der Waals surface area contributed by atoms with E-state index in [2.05, 4.69) is 87.8 Å². The predicted octanol–water partition coefficient (Wildman–Crippen LogP) is 8.41. The fourth-order valence-corrected chi connectivity index (χ4v) is 7.05. The third kappa shape index (κ3) is 2.92. The Kier molecular flexibility index (Phi) is 4.14. The normalized spacial score (nSPS) is 12.1. The molecule has 0 saturated heterocycles. The van der Waals surface area contributed by atoms with Gasteiger partial charge < -0.3 is 0 Å². The van der Waals surface area contributed by atoms with E-state index in [-0.39, 0.29) is 0 Å². The van der Waals surface area contributed by atoms with E-state index in [1.165, 1.54) is 31.3 Å². The van der Waals surface area contributed by atoms with Gasteiger partial charge in [0.25, 0.3) is 0 Å². The summed E-state index contributed by atoms with van der Waals surface area (Å²) >= 11 is 1.86. The van der Waals surface area contributed by atoms with E-state index in [4.69, 9.17) is 15.0 Å². The molecule has 5 nitrogen and oxygen atoms in total. The van der Waals surface area contributed by atoms with Crippen LogP contribution in [0.25, 0.3) is 76.0 Å². The summed E-state index contributed by atoms with van der Waals surface area (Å²) in [6, 6.07) is 38.3.